The van der Waals surface area contributed by atoms with Gasteiger partial charge in [-0.25, -0.2) is 0 Å². The maximum Gasteiger partial charge on any atom is 0.248 e. The Kier molecular flexibility index (Phi) is 5.63. The molecule has 128 valence electrons. The van der Waals surface area contributed by atoms with Crippen LogP contribution in [0.15, 0.2) is 12.2 Å². The van der Waals surface area contributed by atoms with E-state index < -0.39 is 5.69 Å². The lowest BCUT2D eigenvalue weighted by Gasteiger charge is -2.37. The first-order valence-corrected chi connectivity index (χ1v) is 12.4. The van der Waals surface area contributed by atoms with E-state index in [2.05, 4.69) is 48.1 Å². The lowest BCUT2D eigenvalue weighted by atomic mass is 9.77. The predicted octanol–water partition coefficient (Wildman–Crippen LogP) is 6.32. The Bertz CT molecular complexity index is 489. The SMILES string of the molecule is C=C(C)[C@H]1CCC2(C)SP(=S)(OC(C)(C)CC(C)C)OC2C1. The molecule has 0 bridgehead atoms. The molecule has 22 heavy (non-hydrogen) atoms. The third-order valence-electron chi connectivity index (χ3n) is 4.70. The summed E-state index contributed by atoms with van der Waals surface area (Å²) in [6.07, 6.45) is 4.61. The molecule has 2 aliphatic rings. The number of hydrogen-bond acceptors (Lipinski definition) is 4. The minimum absolute atomic E-state index is 0.120. The van der Waals surface area contributed by atoms with E-state index in [-0.39, 0.29) is 16.5 Å². The van der Waals surface area contributed by atoms with Crippen molar-refractivity contribution < 1.29 is 9.05 Å². The van der Waals surface area contributed by atoms with Crippen molar-refractivity contribution in [2.75, 3.05) is 0 Å². The summed E-state index contributed by atoms with van der Waals surface area (Å²) in [6, 6.07) is 0. The van der Waals surface area contributed by atoms with Gasteiger partial charge in [0.1, 0.15) is 0 Å². The second kappa shape index (κ2) is 6.52. The molecule has 1 saturated carbocycles. The molecular weight excluding hydrogens is 331 g/mol. The van der Waals surface area contributed by atoms with Crippen molar-refractivity contribution in [3.05, 3.63) is 12.2 Å². The van der Waals surface area contributed by atoms with Gasteiger partial charge in [0.15, 0.2) is 0 Å². The number of hydrogen-bond donors (Lipinski definition) is 0. The molecule has 2 rings (SSSR count). The van der Waals surface area contributed by atoms with Gasteiger partial charge in [0, 0.05) is 4.75 Å². The summed E-state index contributed by atoms with van der Waals surface area (Å²) in [6.45, 7) is 17.3. The fourth-order valence-electron chi connectivity index (χ4n) is 3.75. The largest absolute Gasteiger partial charge is 0.317 e. The highest BCUT2D eigenvalue weighted by Gasteiger charge is 2.54. The number of allylic oxidation sites excluding steroid dienone is 1. The Hall–Kier alpha value is 0.660. The molecule has 1 saturated heterocycles. The normalized spacial score (nSPS) is 39.0. The second-order valence-electron chi connectivity index (χ2n) is 8.21. The van der Waals surface area contributed by atoms with Gasteiger partial charge in [-0.05, 0) is 77.0 Å². The van der Waals surface area contributed by atoms with Crippen LogP contribution in [0.25, 0.3) is 0 Å². The van der Waals surface area contributed by atoms with Crippen LogP contribution in [-0.4, -0.2) is 16.5 Å². The maximum absolute atomic E-state index is 6.39. The first kappa shape index (κ1) is 19.0. The molecule has 0 spiro atoms. The minimum Gasteiger partial charge on any atom is -0.317 e. The number of fused-ring (bicyclic) bond motifs is 1. The van der Waals surface area contributed by atoms with Crippen molar-refractivity contribution in [2.45, 2.75) is 83.7 Å². The summed E-state index contributed by atoms with van der Waals surface area (Å²) >= 11 is 7.68. The van der Waals surface area contributed by atoms with Crippen molar-refractivity contribution in [2.24, 2.45) is 11.8 Å². The van der Waals surface area contributed by atoms with E-state index in [1.165, 1.54) is 12.0 Å². The van der Waals surface area contributed by atoms with E-state index in [9.17, 15) is 0 Å². The molecule has 1 heterocycles. The Morgan fingerprint density at radius 2 is 2.18 bits per heavy atom. The average molecular weight is 363 g/mol. The van der Waals surface area contributed by atoms with E-state index in [0.29, 0.717) is 11.8 Å². The first-order valence-electron chi connectivity index (χ1n) is 8.30. The van der Waals surface area contributed by atoms with Gasteiger partial charge >= 0.3 is 0 Å². The van der Waals surface area contributed by atoms with Crippen molar-refractivity contribution >= 4 is 28.9 Å². The summed E-state index contributed by atoms with van der Waals surface area (Å²) in [5, 5.41) is 0. The molecule has 5 heteroatoms. The van der Waals surface area contributed by atoms with E-state index >= 15 is 0 Å². The molecule has 1 aliphatic carbocycles. The van der Waals surface area contributed by atoms with Crippen LogP contribution < -0.4 is 0 Å². The minimum atomic E-state index is -2.25. The standard InChI is InChI=1S/C17H31O2PS2/c1-12(2)11-16(5,6)19-20(21)18-15-10-14(13(3)4)8-9-17(15,7)22-20/h12,14-15H,3,8-11H2,1-2,4-7H3/t14-,15?,17?,20?/m0/s1. The van der Waals surface area contributed by atoms with Crippen LogP contribution in [0.2, 0.25) is 0 Å². The third-order valence-corrected chi connectivity index (χ3v) is 10.6. The molecule has 4 atom stereocenters. The fraction of sp³-hybridized carbons (Fsp3) is 0.882. The Labute approximate surface area is 145 Å². The molecule has 0 aromatic rings. The second-order valence-corrected chi connectivity index (χ2v) is 14.7. The Balaban J connectivity index is 2.09. The van der Waals surface area contributed by atoms with Crippen molar-refractivity contribution in [3.8, 4) is 0 Å². The van der Waals surface area contributed by atoms with Crippen molar-refractivity contribution in [1.29, 1.82) is 0 Å². The zero-order chi connectivity index (χ0) is 16.8. The molecule has 0 aromatic heterocycles. The summed E-state index contributed by atoms with van der Waals surface area (Å²) in [5.74, 6) is 1.17. The highest BCUT2D eigenvalue weighted by Crippen LogP contribution is 2.76. The van der Waals surface area contributed by atoms with Gasteiger partial charge in [0.05, 0.1) is 11.7 Å². The van der Waals surface area contributed by atoms with Gasteiger partial charge in [0.2, 0.25) is 5.69 Å². The Morgan fingerprint density at radius 1 is 1.55 bits per heavy atom. The zero-order valence-corrected chi connectivity index (χ0v) is 17.4. The lowest BCUT2D eigenvalue weighted by molar-refractivity contribution is 0.0588. The van der Waals surface area contributed by atoms with Gasteiger partial charge in [0.25, 0.3) is 0 Å². The summed E-state index contributed by atoms with van der Waals surface area (Å²) < 4.78 is 12.9. The maximum atomic E-state index is 6.39. The number of rotatable bonds is 5. The zero-order valence-electron chi connectivity index (χ0n) is 14.8. The van der Waals surface area contributed by atoms with Crippen molar-refractivity contribution in [3.63, 3.8) is 0 Å². The van der Waals surface area contributed by atoms with Crippen LogP contribution in [-0.2, 0) is 20.9 Å². The molecular formula is C17H31O2PS2. The summed E-state index contributed by atoms with van der Waals surface area (Å²) in [4.78, 5) is 0. The molecule has 1 aliphatic heterocycles. The Morgan fingerprint density at radius 3 is 2.73 bits per heavy atom. The monoisotopic (exact) mass is 362 g/mol. The molecule has 0 radical (unpaired) electrons. The third kappa shape index (κ3) is 4.39. The van der Waals surface area contributed by atoms with E-state index in [1.54, 1.807) is 0 Å². The summed E-state index contributed by atoms with van der Waals surface area (Å²) in [5.41, 5.74) is -1.19. The van der Waals surface area contributed by atoms with Gasteiger partial charge in [-0.3, -0.25) is 0 Å². The van der Waals surface area contributed by atoms with Crippen LogP contribution in [0.1, 0.15) is 67.2 Å². The van der Waals surface area contributed by atoms with Crippen LogP contribution in [0, 0.1) is 11.8 Å². The summed E-state index contributed by atoms with van der Waals surface area (Å²) in [7, 11) is 0. The van der Waals surface area contributed by atoms with E-state index in [0.717, 1.165) is 19.3 Å². The van der Waals surface area contributed by atoms with Crippen LogP contribution in [0.5, 0.6) is 0 Å². The lowest BCUT2D eigenvalue weighted by Crippen LogP contribution is -2.39. The average Bonchev–Trinajstić information content (AvgIpc) is 2.54. The van der Waals surface area contributed by atoms with E-state index in [1.807, 2.05) is 11.4 Å². The van der Waals surface area contributed by atoms with Gasteiger partial charge in [-0.2, -0.15) is 0 Å². The fourth-order valence-corrected chi connectivity index (χ4v) is 12.0. The molecule has 0 N–H and O–H groups in total. The molecule has 3 unspecified atom stereocenters. The van der Waals surface area contributed by atoms with Crippen molar-refractivity contribution in [1.82, 2.24) is 0 Å². The van der Waals surface area contributed by atoms with Crippen LogP contribution >= 0.6 is 17.1 Å². The highest BCUT2D eigenvalue weighted by molar-refractivity contribution is 8.68. The molecule has 0 amide bonds. The van der Waals surface area contributed by atoms with Gasteiger partial charge < -0.3 is 9.05 Å². The molecule has 0 aromatic carbocycles. The van der Waals surface area contributed by atoms with Gasteiger partial charge in [-0.15, -0.1) is 0 Å². The van der Waals surface area contributed by atoms with Crippen LogP contribution in [0.3, 0.4) is 0 Å². The first-order chi connectivity index (χ1) is 9.95. The van der Waals surface area contributed by atoms with E-state index in [4.69, 9.17) is 20.9 Å². The topological polar surface area (TPSA) is 18.5 Å². The smallest absolute Gasteiger partial charge is 0.248 e. The highest BCUT2D eigenvalue weighted by atomic mass is 32.9. The van der Waals surface area contributed by atoms with Gasteiger partial charge in [-0.1, -0.05) is 37.4 Å². The molecule has 2 nitrogen and oxygen atoms in total. The molecule has 2 fully saturated rings. The predicted molar refractivity (Wildman–Crippen MR) is 102 cm³/mol. The van der Waals surface area contributed by atoms with Crippen LogP contribution in [0.4, 0.5) is 0 Å². The quantitative estimate of drug-likeness (QED) is 0.420.